The summed E-state index contributed by atoms with van der Waals surface area (Å²) < 4.78 is 1.90. The van der Waals surface area contributed by atoms with Crippen molar-refractivity contribution in [2.75, 3.05) is 13.1 Å². The van der Waals surface area contributed by atoms with Crippen LogP contribution in [0.4, 0.5) is 0 Å². The monoisotopic (exact) mass is 192 g/mol. The van der Waals surface area contributed by atoms with Crippen molar-refractivity contribution in [1.82, 2.24) is 14.7 Å². The van der Waals surface area contributed by atoms with Gasteiger partial charge in [-0.05, 0) is 13.5 Å². The summed E-state index contributed by atoms with van der Waals surface area (Å²) in [6.07, 6.45) is 3.89. The fraction of sp³-hybridized carbons (Fsp3) is 0.600. The van der Waals surface area contributed by atoms with Crippen molar-refractivity contribution in [3.05, 3.63) is 18.0 Å². The Kier molecular flexibility index (Phi) is 4.14. The van der Waals surface area contributed by atoms with Crippen LogP contribution >= 0.6 is 0 Å². The van der Waals surface area contributed by atoms with Crippen LogP contribution in [-0.4, -0.2) is 27.8 Å². The first-order valence-corrected chi connectivity index (χ1v) is 4.90. The standard InChI is InChI=1S/C10H16N4/c1-3-13(6-5-11)8-10-7-12-14(4-2)9-10/h7,9H,3-4,6,8H2,1-2H3. The van der Waals surface area contributed by atoms with Gasteiger partial charge in [-0.3, -0.25) is 9.58 Å². The molecule has 0 bridgehead atoms. The minimum Gasteiger partial charge on any atom is -0.286 e. The molecule has 0 aliphatic rings. The largest absolute Gasteiger partial charge is 0.286 e. The Morgan fingerprint density at radius 2 is 2.36 bits per heavy atom. The molecule has 0 spiro atoms. The summed E-state index contributed by atoms with van der Waals surface area (Å²) in [5.41, 5.74) is 1.17. The molecule has 0 atom stereocenters. The molecular formula is C10H16N4. The van der Waals surface area contributed by atoms with Crippen LogP contribution in [0.2, 0.25) is 0 Å². The van der Waals surface area contributed by atoms with Gasteiger partial charge in [-0.15, -0.1) is 0 Å². The predicted octanol–water partition coefficient (Wildman–Crippen LogP) is 1.25. The third-order valence-electron chi connectivity index (χ3n) is 2.16. The second-order valence-electron chi connectivity index (χ2n) is 3.17. The van der Waals surface area contributed by atoms with E-state index in [2.05, 4.69) is 29.9 Å². The van der Waals surface area contributed by atoms with E-state index in [1.165, 1.54) is 5.56 Å². The van der Waals surface area contributed by atoms with E-state index in [1.807, 2.05) is 17.1 Å². The Morgan fingerprint density at radius 1 is 1.57 bits per heavy atom. The summed E-state index contributed by atoms with van der Waals surface area (Å²) in [7, 11) is 0. The molecule has 0 amide bonds. The maximum atomic E-state index is 8.58. The number of aromatic nitrogens is 2. The van der Waals surface area contributed by atoms with Crippen molar-refractivity contribution in [2.45, 2.75) is 26.9 Å². The predicted molar refractivity (Wildman–Crippen MR) is 54.5 cm³/mol. The highest BCUT2D eigenvalue weighted by atomic mass is 15.3. The fourth-order valence-corrected chi connectivity index (χ4v) is 1.30. The van der Waals surface area contributed by atoms with Crippen molar-refractivity contribution in [3.63, 3.8) is 0 Å². The van der Waals surface area contributed by atoms with Crippen LogP contribution in [0, 0.1) is 11.3 Å². The van der Waals surface area contributed by atoms with Gasteiger partial charge in [0.25, 0.3) is 0 Å². The molecule has 0 fully saturated rings. The zero-order valence-electron chi connectivity index (χ0n) is 8.77. The molecule has 4 heteroatoms. The van der Waals surface area contributed by atoms with Gasteiger partial charge in [0.2, 0.25) is 0 Å². The van der Waals surface area contributed by atoms with Crippen molar-refractivity contribution >= 4 is 0 Å². The maximum absolute atomic E-state index is 8.58. The van der Waals surface area contributed by atoms with Gasteiger partial charge >= 0.3 is 0 Å². The smallest absolute Gasteiger partial charge is 0.0868 e. The van der Waals surface area contributed by atoms with E-state index in [0.29, 0.717) is 6.54 Å². The number of aryl methyl sites for hydroxylation is 1. The minimum absolute atomic E-state index is 0.480. The van der Waals surface area contributed by atoms with Crippen molar-refractivity contribution < 1.29 is 0 Å². The average Bonchev–Trinajstić information content (AvgIpc) is 2.65. The summed E-state index contributed by atoms with van der Waals surface area (Å²) in [5, 5.41) is 12.8. The lowest BCUT2D eigenvalue weighted by Crippen LogP contribution is -2.22. The van der Waals surface area contributed by atoms with Crippen LogP contribution in [0.1, 0.15) is 19.4 Å². The van der Waals surface area contributed by atoms with Gasteiger partial charge in [-0.25, -0.2) is 0 Å². The van der Waals surface area contributed by atoms with Gasteiger partial charge in [0.05, 0.1) is 18.8 Å². The zero-order valence-corrected chi connectivity index (χ0v) is 8.77. The lowest BCUT2D eigenvalue weighted by molar-refractivity contribution is 0.314. The number of hydrogen-bond donors (Lipinski definition) is 0. The molecule has 0 aliphatic carbocycles. The Balaban J connectivity index is 2.54. The van der Waals surface area contributed by atoms with Gasteiger partial charge < -0.3 is 0 Å². The van der Waals surface area contributed by atoms with Crippen molar-refractivity contribution in [2.24, 2.45) is 0 Å². The highest BCUT2D eigenvalue weighted by molar-refractivity contribution is 5.03. The van der Waals surface area contributed by atoms with Crippen LogP contribution in [0.3, 0.4) is 0 Å². The molecule has 0 saturated carbocycles. The molecule has 76 valence electrons. The molecule has 14 heavy (non-hydrogen) atoms. The lowest BCUT2D eigenvalue weighted by Gasteiger charge is -2.14. The third-order valence-corrected chi connectivity index (χ3v) is 2.16. The molecule has 0 saturated heterocycles. The second kappa shape index (κ2) is 5.40. The molecule has 1 rings (SSSR count). The van der Waals surface area contributed by atoms with Gasteiger partial charge in [-0.2, -0.15) is 10.4 Å². The van der Waals surface area contributed by atoms with Crippen molar-refractivity contribution in [1.29, 1.82) is 5.26 Å². The van der Waals surface area contributed by atoms with Crippen LogP contribution in [0.25, 0.3) is 0 Å². The summed E-state index contributed by atoms with van der Waals surface area (Å²) in [6, 6.07) is 2.16. The SMILES string of the molecule is CCN(CC#N)Cc1cnn(CC)c1. The quantitative estimate of drug-likeness (QED) is 0.659. The van der Waals surface area contributed by atoms with Gasteiger partial charge in [0, 0.05) is 24.8 Å². The van der Waals surface area contributed by atoms with E-state index in [9.17, 15) is 0 Å². The van der Waals surface area contributed by atoms with E-state index in [1.54, 1.807) is 0 Å². The first-order valence-electron chi connectivity index (χ1n) is 4.90. The van der Waals surface area contributed by atoms with Crippen LogP contribution in [0.5, 0.6) is 0 Å². The second-order valence-corrected chi connectivity index (χ2v) is 3.17. The third kappa shape index (κ3) is 2.86. The Labute approximate surface area is 84.7 Å². The van der Waals surface area contributed by atoms with E-state index < -0.39 is 0 Å². The first kappa shape index (κ1) is 10.7. The normalized spacial score (nSPS) is 10.4. The molecule has 0 aliphatic heterocycles. The molecule has 0 aromatic carbocycles. The van der Waals surface area contributed by atoms with Crippen LogP contribution < -0.4 is 0 Å². The average molecular weight is 192 g/mol. The fourth-order valence-electron chi connectivity index (χ4n) is 1.30. The summed E-state index contributed by atoms with van der Waals surface area (Å²) in [5.74, 6) is 0. The van der Waals surface area contributed by atoms with Gasteiger partial charge in [0.1, 0.15) is 0 Å². The Hall–Kier alpha value is -1.34. The number of rotatable bonds is 5. The highest BCUT2D eigenvalue weighted by Crippen LogP contribution is 2.02. The molecular weight excluding hydrogens is 176 g/mol. The topological polar surface area (TPSA) is 44.9 Å². The van der Waals surface area contributed by atoms with E-state index >= 15 is 0 Å². The molecule has 1 heterocycles. The molecule has 0 unspecified atom stereocenters. The number of nitrogens with zero attached hydrogens (tertiary/aromatic N) is 4. The van der Waals surface area contributed by atoms with E-state index in [-0.39, 0.29) is 0 Å². The molecule has 0 N–H and O–H groups in total. The molecule has 1 aromatic heterocycles. The maximum Gasteiger partial charge on any atom is 0.0868 e. The zero-order chi connectivity index (χ0) is 10.4. The number of nitriles is 1. The lowest BCUT2D eigenvalue weighted by atomic mass is 10.3. The van der Waals surface area contributed by atoms with Crippen LogP contribution in [0.15, 0.2) is 12.4 Å². The first-order chi connectivity index (χ1) is 6.80. The Morgan fingerprint density at radius 3 is 2.86 bits per heavy atom. The Bertz CT molecular complexity index is 310. The van der Waals surface area contributed by atoms with Crippen molar-refractivity contribution in [3.8, 4) is 6.07 Å². The summed E-state index contributed by atoms with van der Waals surface area (Å²) in [6.45, 7) is 7.19. The van der Waals surface area contributed by atoms with E-state index in [0.717, 1.165) is 19.6 Å². The summed E-state index contributed by atoms with van der Waals surface area (Å²) >= 11 is 0. The van der Waals surface area contributed by atoms with Gasteiger partial charge in [0.15, 0.2) is 0 Å². The molecule has 0 radical (unpaired) electrons. The minimum atomic E-state index is 0.480. The highest BCUT2D eigenvalue weighted by Gasteiger charge is 2.04. The van der Waals surface area contributed by atoms with Crippen LogP contribution in [-0.2, 0) is 13.1 Å². The number of hydrogen-bond acceptors (Lipinski definition) is 3. The van der Waals surface area contributed by atoms with E-state index in [4.69, 9.17) is 5.26 Å². The van der Waals surface area contributed by atoms with Gasteiger partial charge in [-0.1, -0.05) is 6.92 Å². The summed E-state index contributed by atoms with van der Waals surface area (Å²) in [4.78, 5) is 2.08. The molecule has 1 aromatic rings. The molecule has 4 nitrogen and oxygen atoms in total.